The summed E-state index contributed by atoms with van der Waals surface area (Å²) in [6.07, 6.45) is -0.0249. The Bertz CT molecular complexity index is 943. The van der Waals surface area contributed by atoms with Crippen LogP contribution in [-0.4, -0.2) is 23.4 Å². The molecule has 152 valence electrons. The number of rotatable bonds is 6. The van der Waals surface area contributed by atoms with Crippen molar-refractivity contribution in [2.75, 3.05) is 5.32 Å². The van der Waals surface area contributed by atoms with Gasteiger partial charge in [0.15, 0.2) is 0 Å². The van der Waals surface area contributed by atoms with Crippen LogP contribution in [-0.2, 0) is 20.9 Å². The third-order valence-electron chi connectivity index (χ3n) is 3.89. The van der Waals surface area contributed by atoms with E-state index in [2.05, 4.69) is 21.2 Å². The minimum absolute atomic E-state index is 0.0249. The predicted octanol–water partition coefficient (Wildman–Crippen LogP) is 3.44. The first-order chi connectivity index (χ1) is 13.8. The number of benzene rings is 2. The van der Waals surface area contributed by atoms with Gasteiger partial charge in [-0.2, -0.15) is 5.10 Å². The number of anilines is 1. The molecule has 2 rings (SSSR count). The van der Waals surface area contributed by atoms with Crippen molar-refractivity contribution in [2.24, 2.45) is 5.10 Å². The number of amides is 3. The van der Waals surface area contributed by atoms with E-state index in [0.29, 0.717) is 33.6 Å². The minimum atomic E-state index is -0.953. The van der Waals surface area contributed by atoms with Crippen molar-refractivity contribution in [1.29, 1.82) is 0 Å². The average molecular weight is 435 g/mol. The standard InChI is InChI=1S/C20H20Cl2N4O3/c1-12(10-18(27)23-11-14-6-8-15(21)9-7-14)25-26-20(29)19(28)24-17-5-3-4-16(22)13(17)2/h3-9H,10-11H2,1-2H3,(H,23,27)(H,24,28)(H,26,29)/b25-12+. The highest BCUT2D eigenvalue weighted by Gasteiger charge is 2.15. The van der Waals surface area contributed by atoms with E-state index in [1.165, 1.54) is 0 Å². The minimum Gasteiger partial charge on any atom is -0.352 e. The van der Waals surface area contributed by atoms with E-state index in [0.717, 1.165) is 5.56 Å². The highest BCUT2D eigenvalue weighted by Crippen LogP contribution is 2.22. The maximum atomic E-state index is 12.0. The molecule has 0 spiro atoms. The lowest BCUT2D eigenvalue weighted by molar-refractivity contribution is -0.136. The van der Waals surface area contributed by atoms with Crippen molar-refractivity contribution in [3.8, 4) is 0 Å². The summed E-state index contributed by atoms with van der Waals surface area (Å²) in [5.74, 6) is -2.11. The number of hydrogen-bond donors (Lipinski definition) is 3. The molecule has 0 saturated carbocycles. The summed E-state index contributed by atoms with van der Waals surface area (Å²) in [4.78, 5) is 35.8. The van der Waals surface area contributed by atoms with Crippen molar-refractivity contribution in [3.63, 3.8) is 0 Å². The van der Waals surface area contributed by atoms with E-state index in [-0.39, 0.29) is 12.3 Å². The lowest BCUT2D eigenvalue weighted by Crippen LogP contribution is -2.33. The number of carbonyl (C=O) groups is 3. The van der Waals surface area contributed by atoms with Gasteiger partial charge in [-0.3, -0.25) is 14.4 Å². The van der Waals surface area contributed by atoms with Crippen LogP contribution < -0.4 is 16.1 Å². The molecule has 0 fully saturated rings. The van der Waals surface area contributed by atoms with Gasteiger partial charge in [-0.15, -0.1) is 0 Å². The van der Waals surface area contributed by atoms with Crippen molar-refractivity contribution < 1.29 is 14.4 Å². The highest BCUT2D eigenvalue weighted by atomic mass is 35.5. The number of carbonyl (C=O) groups excluding carboxylic acids is 3. The van der Waals surface area contributed by atoms with Gasteiger partial charge in [0.2, 0.25) is 5.91 Å². The molecule has 0 aromatic heterocycles. The van der Waals surface area contributed by atoms with Crippen LogP contribution in [0.1, 0.15) is 24.5 Å². The van der Waals surface area contributed by atoms with Gasteiger partial charge in [0, 0.05) is 28.0 Å². The lowest BCUT2D eigenvalue weighted by Gasteiger charge is -2.09. The van der Waals surface area contributed by atoms with E-state index in [1.54, 1.807) is 44.2 Å². The number of halogens is 2. The van der Waals surface area contributed by atoms with Crippen LogP contribution in [0.15, 0.2) is 47.6 Å². The van der Waals surface area contributed by atoms with Gasteiger partial charge >= 0.3 is 11.8 Å². The second-order valence-electron chi connectivity index (χ2n) is 6.23. The normalized spacial score (nSPS) is 11.0. The van der Waals surface area contributed by atoms with Crippen LogP contribution in [0.2, 0.25) is 10.0 Å². The molecule has 29 heavy (non-hydrogen) atoms. The van der Waals surface area contributed by atoms with Gasteiger partial charge in [0.05, 0.1) is 6.42 Å². The maximum absolute atomic E-state index is 12.0. The summed E-state index contributed by atoms with van der Waals surface area (Å²) in [6.45, 7) is 3.64. The topological polar surface area (TPSA) is 99.7 Å². The zero-order valence-corrected chi connectivity index (χ0v) is 17.4. The molecular formula is C20H20Cl2N4O3. The number of hydrogen-bond acceptors (Lipinski definition) is 4. The molecule has 0 aliphatic carbocycles. The van der Waals surface area contributed by atoms with Gasteiger partial charge in [0.25, 0.3) is 0 Å². The largest absolute Gasteiger partial charge is 0.352 e. The Balaban J connectivity index is 1.80. The molecule has 0 bridgehead atoms. The van der Waals surface area contributed by atoms with Gasteiger partial charge in [-0.1, -0.05) is 41.4 Å². The zero-order chi connectivity index (χ0) is 21.4. The Morgan fingerprint density at radius 2 is 1.69 bits per heavy atom. The fourth-order valence-corrected chi connectivity index (χ4v) is 2.56. The van der Waals surface area contributed by atoms with Crippen molar-refractivity contribution in [1.82, 2.24) is 10.7 Å². The third kappa shape index (κ3) is 7.21. The van der Waals surface area contributed by atoms with Crippen molar-refractivity contribution >= 4 is 52.3 Å². The lowest BCUT2D eigenvalue weighted by atomic mass is 10.2. The molecule has 9 heteroatoms. The fraction of sp³-hybridized carbons (Fsp3) is 0.200. The monoisotopic (exact) mass is 434 g/mol. The van der Waals surface area contributed by atoms with Crippen LogP contribution in [0.4, 0.5) is 5.69 Å². The zero-order valence-electron chi connectivity index (χ0n) is 15.9. The Labute approximate surface area is 178 Å². The molecule has 3 N–H and O–H groups in total. The van der Waals surface area contributed by atoms with Crippen LogP contribution in [0.5, 0.6) is 0 Å². The van der Waals surface area contributed by atoms with Crippen LogP contribution in [0.25, 0.3) is 0 Å². The van der Waals surface area contributed by atoms with E-state index < -0.39 is 11.8 Å². The third-order valence-corrected chi connectivity index (χ3v) is 4.55. The molecule has 7 nitrogen and oxygen atoms in total. The second-order valence-corrected chi connectivity index (χ2v) is 7.08. The number of nitrogens with one attached hydrogen (secondary N) is 3. The molecule has 0 aliphatic heterocycles. The van der Waals surface area contributed by atoms with E-state index in [9.17, 15) is 14.4 Å². The molecule has 0 radical (unpaired) electrons. The molecule has 2 aromatic rings. The first-order valence-electron chi connectivity index (χ1n) is 8.67. The van der Waals surface area contributed by atoms with E-state index in [1.807, 2.05) is 12.1 Å². The highest BCUT2D eigenvalue weighted by molar-refractivity contribution is 6.40. The molecule has 2 aromatic carbocycles. The molecule has 0 atom stereocenters. The van der Waals surface area contributed by atoms with E-state index >= 15 is 0 Å². The summed E-state index contributed by atoms with van der Waals surface area (Å²) in [7, 11) is 0. The van der Waals surface area contributed by atoms with Crippen molar-refractivity contribution in [2.45, 2.75) is 26.8 Å². The summed E-state index contributed by atoms with van der Waals surface area (Å²) < 4.78 is 0. The Kier molecular flexibility index (Phi) is 8.18. The molecule has 0 heterocycles. The first kappa shape index (κ1) is 22.4. The Hall–Kier alpha value is -2.90. The smallest absolute Gasteiger partial charge is 0.329 e. The molecule has 3 amide bonds. The molecule has 0 unspecified atom stereocenters. The summed E-state index contributed by atoms with van der Waals surface area (Å²) in [5, 5.41) is 10.1. The van der Waals surface area contributed by atoms with Crippen LogP contribution >= 0.6 is 23.2 Å². The summed E-state index contributed by atoms with van der Waals surface area (Å²) in [5.41, 5.74) is 4.45. The second kappa shape index (κ2) is 10.6. The van der Waals surface area contributed by atoms with Gasteiger partial charge in [-0.05, 0) is 49.2 Å². The number of hydrazone groups is 1. The molecule has 0 aliphatic rings. The Morgan fingerprint density at radius 1 is 1.00 bits per heavy atom. The Morgan fingerprint density at radius 3 is 2.38 bits per heavy atom. The summed E-state index contributed by atoms with van der Waals surface area (Å²) >= 11 is 11.8. The van der Waals surface area contributed by atoms with Gasteiger partial charge < -0.3 is 10.6 Å². The number of nitrogens with zero attached hydrogens (tertiary/aromatic N) is 1. The van der Waals surface area contributed by atoms with Crippen molar-refractivity contribution in [3.05, 3.63) is 63.6 Å². The first-order valence-corrected chi connectivity index (χ1v) is 9.42. The van der Waals surface area contributed by atoms with Gasteiger partial charge in [0.1, 0.15) is 0 Å². The predicted molar refractivity (Wildman–Crippen MR) is 114 cm³/mol. The quantitative estimate of drug-likeness (QED) is 0.368. The van der Waals surface area contributed by atoms with Crippen LogP contribution in [0, 0.1) is 6.92 Å². The average Bonchev–Trinajstić information content (AvgIpc) is 2.69. The summed E-state index contributed by atoms with van der Waals surface area (Å²) in [6, 6.07) is 12.1. The van der Waals surface area contributed by atoms with E-state index in [4.69, 9.17) is 23.2 Å². The van der Waals surface area contributed by atoms with Crippen LogP contribution in [0.3, 0.4) is 0 Å². The maximum Gasteiger partial charge on any atom is 0.329 e. The van der Waals surface area contributed by atoms with Gasteiger partial charge in [-0.25, -0.2) is 5.43 Å². The fourth-order valence-electron chi connectivity index (χ4n) is 2.26. The molecular weight excluding hydrogens is 415 g/mol. The SMILES string of the molecule is C/C(CC(=O)NCc1ccc(Cl)cc1)=N\NC(=O)C(=O)Nc1cccc(Cl)c1C. The molecule has 0 saturated heterocycles.